The lowest BCUT2D eigenvalue weighted by atomic mass is 10.1. The summed E-state index contributed by atoms with van der Waals surface area (Å²) in [4.78, 5) is 17.5. The lowest BCUT2D eigenvalue weighted by molar-refractivity contribution is -0.118. The van der Waals surface area contributed by atoms with Gasteiger partial charge in [0.15, 0.2) is 11.7 Å². The van der Waals surface area contributed by atoms with Crippen molar-refractivity contribution in [3.05, 3.63) is 52.2 Å². The van der Waals surface area contributed by atoms with E-state index in [1.807, 2.05) is 54.9 Å². The maximum absolute atomic E-state index is 12.0. The van der Waals surface area contributed by atoms with Gasteiger partial charge in [-0.2, -0.15) is 0 Å². The van der Waals surface area contributed by atoms with Crippen LogP contribution in [0.15, 0.2) is 41.1 Å². The van der Waals surface area contributed by atoms with Crippen molar-refractivity contribution in [1.29, 1.82) is 0 Å². The number of hydrogen-bond donors (Lipinski definition) is 1. The van der Waals surface area contributed by atoms with Crippen LogP contribution in [0.2, 0.25) is 0 Å². The SMILES string of the molecule is Cc1ccc(OCC(=O)Nc2nc(-c3cccs3)cs2)c(C)c1. The van der Waals surface area contributed by atoms with E-state index in [0.717, 1.165) is 21.9 Å². The fourth-order valence-corrected chi connectivity index (χ4v) is 3.62. The van der Waals surface area contributed by atoms with Crippen molar-refractivity contribution in [1.82, 2.24) is 4.98 Å². The molecular formula is C17H16N2O2S2. The number of rotatable bonds is 5. The van der Waals surface area contributed by atoms with E-state index in [2.05, 4.69) is 10.3 Å². The molecule has 0 fully saturated rings. The molecule has 0 bridgehead atoms. The Morgan fingerprint density at radius 1 is 1.26 bits per heavy atom. The van der Waals surface area contributed by atoms with Gasteiger partial charge in [-0.05, 0) is 36.9 Å². The van der Waals surface area contributed by atoms with Crippen LogP contribution < -0.4 is 10.1 Å². The number of aryl methyl sites for hydroxylation is 2. The van der Waals surface area contributed by atoms with Gasteiger partial charge in [-0.25, -0.2) is 4.98 Å². The number of thiophene rings is 1. The van der Waals surface area contributed by atoms with Gasteiger partial charge >= 0.3 is 0 Å². The fourth-order valence-electron chi connectivity index (χ4n) is 2.13. The molecule has 2 heterocycles. The normalized spacial score (nSPS) is 10.5. The van der Waals surface area contributed by atoms with Gasteiger partial charge in [0, 0.05) is 5.38 Å². The van der Waals surface area contributed by atoms with E-state index in [1.165, 1.54) is 16.9 Å². The standard InChI is InChI=1S/C17H16N2O2S2/c1-11-5-6-14(12(2)8-11)21-9-16(20)19-17-18-13(10-23-17)15-4-3-7-22-15/h3-8,10H,9H2,1-2H3,(H,18,19,20). The summed E-state index contributed by atoms with van der Waals surface area (Å²) in [6, 6.07) is 9.87. The molecule has 6 heteroatoms. The maximum atomic E-state index is 12.0. The van der Waals surface area contributed by atoms with Crippen LogP contribution in [0, 0.1) is 13.8 Å². The van der Waals surface area contributed by atoms with Gasteiger partial charge in [0.2, 0.25) is 0 Å². The number of hydrogen-bond acceptors (Lipinski definition) is 5. The zero-order chi connectivity index (χ0) is 16.2. The van der Waals surface area contributed by atoms with E-state index in [1.54, 1.807) is 11.3 Å². The second kappa shape index (κ2) is 6.93. The van der Waals surface area contributed by atoms with Crippen LogP contribution in [0.5, 0.6) is 5.75 Å². The van der Waals surface area contributed by atoms with Crippen molar-refractivity contribution in [3.63, 3.8) is 0 Å². The van der Waals surface area contributed by atoms with Gasteiger partial charge in [0.25, 0.3) is 5.91 Å². The summed E-state index contributed by atoms with van der Waals surface area (Å²) in [5.41, 5.74) is 3.07. The minimum atomic E-state index is -0.211. The summed E-state index contributed by atoms with van der Waals surface area (Å²) < 4.78 is 5.57. The number of ether oxygens (including phenoxy) is 1. The lowest BCUT2D eigenvalue weighted by Crippen LogP contribution is -2.20. The third kappa shape index (κ3) is 3.97. The number of carbonyl (C=O) groups excluding carboxylic acids is 1. The van der Waals surface area contributed by atoms with Crippen LogP contribution in [0.4, 0.5) is 5.13 Å². The molecule has 0 saturated carbocycles. The lowest BCUT2D eigenvalue weighted by Gasteiger charge is -2.09. The molecule has 0 radical (unpaired) electrons. The highest BCUT2D eigenvalue weighted by molar-refractivity contribution is 7.16. The quantitative estimate of drug-likeness (QED) is 0.741. The van der Waals surface area contributed by atoms with E-state index in [0.29, 0.717) is 5.13 Å². The van der Waals surface area contributed by atoms with Gasteiger partial charge < -0.3 is 4.74 Å². The number of amides is 1. The van der Waals surface area contributed by atoms with Gasteiger partial charge in [0.05, 0.1) is 10.6 Å². The van der Waals surface area contributed by atoms with E-state index in [9.17, 15) is 4.79 Å². The third-order valence-electron chi connectivity index (χ3n) is 3.21. The highest BCUT2D eigenvalue weighted by Crippen LogP contribution is 2.28. The number of nitrogens with zero attached hydrogens (tertiary/aromatic N) is 1. The average molecular weight is 344 g/mol. The predicted octanol–water partition coefficient (Wildman–Crippen LogP) is 4.51. The van der Waals surface area contributed by atoms with Crippen LogP contribution in [0.3, 0.4) is 0 Å². The van der Waals surface area contributed by atoms with E-state index >= 15 is 0 Å². The van der Waals surface area contributed by atoms with Crippen LogP contribution in [-0.4, -0.2) is 17.5 Å². The summed E-state index contributed by atoms with van der Waals surface area (Å²) in [5, 5.41) is 7.30. The fraction of sp³-hybridized carbons (Fsp3) is 0.176. The molecule has 4 nitrogen and oxygen atoms in total. The Morgan fingerprint density at radius 2 is 2.13 bits per heavy atom. The number of carbonyl (C=O) groups is 1. The van der Waals surface area contributed by atoms with Gasteiger partial charge in [-0.1, -0.05) is 23.8 Å². The molecule has 3 aromatic rings. The second-order valence-corrected chi connectivity index (χ2v) is 6.93. The monoisotopic (exact) mass is 344 g/mol. The topological polar surface area (TPSA) is 51.2 Å². The van der Waals surface area contributed by atoms with Gasteiger partial charge in [-0.3, -0.25) is 10.1 Å². The van der Waals surface area contributed by atoms with Gasteiger partial charge in [-0.15, -0.1) is 22.7 Å². The molecule has 0 aliphatic rings. The van der Waals surface area contributed by atoms with Crippen LogP contribution in [-0.2, 0) is 4.79 Å². The molecule has 0 aliphatic heterocycles. The molecule has 0 atom stereocenters. The summed E-state index contributed by atoms with van der Waals surface area (Å²) in [7, 11) is 0. The molecule has 1 amide bonds. The van der Waals surface area contributed by atoms with E-state index in [4.69, 9.17) is 4.74 Å². The number of benzene rings is 1. The minimum absolute atomic E-state index is 0.0299. The van der Waals surface area contributed by atoms with Crippen molar-refractivity contribution in [2.75, 3.05) is 11.9 Å². The van der Waals surface area contributed by atoms with Crippen LogP contribution >= 0.6 is 22.7 Å². The zero-order valence-corrected chi connectivity index (χ0v) is 14.5. The molecule has 1 aromatic carbocycles. The van der Waals surface area contributed by atoms with Crippen molar-refractivity contribution < 1.29 is 9.53 Å². The predicted molar refractivity (Wildman–Crippen MR) is 95.5 cm³/mol. The van der Waals surface area contributed by atoms with Crippen molar-refractivity contribution >= 4 is 33.7 Å². The molecule has 1 N–H and O–H groups in total. The first-order chi connectivity index (χ1) is 11.1. The average Bonchev–Trinajstić information content (AvgIpc) is 3.17. The van der Waals surface area contributed by atoms with E-state index in [-0.39, 0.29) is 12.5 Å². The Kier molecular flexibility index (Phi) is 4.73. The Hall–Kier alpha value is -2.18. The Morgan fingerprint density at radius 3 is 2.87 bits per heavy atom. The number of nitrogens with one attached hydrogen (secondary N) is 1. The Balaban J connectivity index is 1.57. The van der Waals surface area contributed by atoms with E-state index < -0.39 is 0 Å². The Labute approximate surface area is 142 Å². The van der Waals surface area contributed by atoms with Crippen LogP contribution in [0.1, 0.15) is 11.1 Å². The zero-order valence-electron chi connectivity index (χ0n) is 12.8. The van der Waals surface area contributed by atoms with Crippen molar-refractivity contribution in [3.8, 4) is 16.3 Å². The molecule has 2 aromatic heterocycles. The summed E-state index contributed by atoms with van der Waals surface area (Å²) in [5.74, 6) is 0.515. The third-order valence-corrected chi connectivity index (χ3v) is 4.86. The highest BCUT2D eigenvalue weighted by atomic mass is 32.1. The van der Waals surface area contributed by atoms with Gasteiger partial charge in [0.1, 0.15) is 5.75 Å². The molecule has 0 saturated heterocycles. The molecule has 3 rings (SSSR count). The second-order valence-electron chi connectivity index (χ2n) is 5.12. The highest BCUT2D eigenvalue weighted by Gasteiger charge is 2.10. The van der Waals surface area contributed by atoms with Crippen molar-refractivity contribution in [2.24, 2.45) is 0 Å². The minimum Gasteiger partial charge on any atom is -0.483 e. The molecule has 0 spiro atoms. The summed E-state index contributed by atoms with van der Waals surface area (Å²) in [6.07, 6.45) is 0. The molecule has 23 heavy (non-hydrogen) atoms. The molecular weight excluding hydrogens is 328 g/mol. The van der Waals surface area contributed by atoms with Crippen molar-refractivity contribution in [2.45, 2.75) is 13.8 Å². The summed E-state index contributed by atoms with van der Waals surface area (Å²) >= 11 is 3.04. The number of aromatic nitrogens is 1. The number of anilines is 1. The van der Waals surface area contributed by atoms with Crippen LogP contribution in [0.25, 0.3) is 10.6 Å². The molecule has 0 unspecified atom stereocenters. The smallest absolute Gasteiger partial charge is 0.264 e. The largest absolute Gasteiger partial charge is 0.483 e. The summed E-state index contributed by atoms with van der Waals surface area (Å²) in [6.45, 7) is 3.96. The Bertz CT molecular complexity index is 810. The first kappa shape index (κ1) is 15.7. The first-order valence-corrected chi connectivity index (χ1v) is 8.87. The molecule has 0 aliphatic carbocycles. The first-order valence-electron chi connectivity index (χ1n) is 7.11. The maximum Gasteiger partial charge on any atom is 0.264 e. The molecule has 118 valence electrons. The number of thiazole rings is 1.